The lowest BCUT2D eigenvalue weighted by atomic mass is 10.0. The van der Waals surface area contributed by atoms with Crippen molar-refractivity contribution in [3.8, 4) is 0 Å². The fraction of sp³-hybridized carbons (Fsp3) is 0.385. The number of hydrogen-bond acceptors (Lipinski definition) is 3. The van der Waals surface area contributed by atoms with Crippen molar-refractivity contribution in [3.63, 3.8) is 0 Å². The second-order valence-electron chi connectivity index (χ2n) is 4.32. The Bertz CT molecular complexity index is 515. The Morgan fingerprint density at radius 2 is 2.32 bits per heavy atom. The summed E-state index contributed by atoms with van der Waals surface area (Å²) in [5.74, 6) is -0.365. The Morgan fingerprint density at radius 3 is 3.00 bits per heavy atom. The van der Waals surface area contributed by atoms with Crippen LogP contribution in [0.15, 0.2) is 24.4 Å². The molecule has 1 unspecified atom stereocenters. The first-order valence-corrected chi connectivity index (χ1v) is 6.62. The van der Waals surface area contributed by atoms with E-state index in [4.69, 9.17) is 11.6 Å². The van der Waals surface area contributed by atoms with Gasteiger partial charge in [-0.25, -0.2) is 4.39 Å². The maximum absolute atomic E-state index is 13.9. The Labute approximate surface area is 116 Å². The highest BCUT2D eigenvalue weighted by molar-refractivity contribution is 6.30. The van der Waals surface area contributed by atoms with Gasteiger partial charge in [0.1, 0.15) is 5.82 Å². The van der Waals surface area contributed by atoms with E-state index in [1.807, 2.05) is 0 Å². The maximum Gasteiger partial charge on any atom is 0.145 e. The summed E-state index contributed by atoms with van der Waals surface area (Å²) >= 11 is 5.80. The van der Waals surface area contributed by atoms with Crippen LogP contribution >= 0.6 is 11.6 Å². The van der Waals surface area contributed by atoms with Crippen LogP contribution in [0.1, 0.15) is 30.6 Å². The van der Waals surface area contributed by atoms with E-state index in [1.54, 1.807) is 24.4 Å². The molecule has 1 aromatic carbocycles. The SMILES string of the molecule is CCCNC(Cc1cccc(Cl)c1F)c1cn[nH]n1. The van der Waals surface area contributed by atoms with Crippen LogP contribution in [0.4, 0.5) is 4.39 Å². The van der Waals surface area contributed by atoms with E-state index in [-0.39, 0.29) is 16.9 Å². The molecule has 0 aliphatic heterocycles. The van der Waals surface area contributed by atoms with E-state index < -0.39 is 0 Å². The smallest absolute Gasteiger partial charge is 0.145 e. The van der Waals surface area contributed by atoms with Gasteiger partial charge in [0.15, 0.2) is 0 Å². The molecular weight excluding hydrogens is 267 g/mol. The standard InChI is InChI=1S/C13H16ClFN4/c1-2-6-16-11(12-8-17-19-18-12)7-9-4-3-5-10(14)13(9)15/h3-5,8,11,16H,2,6-7H2,1H3,(H,17,18,19). The van der Waals surface area contributed by atoms with Gasteiger partial charge in [0.2, 0.25) is 0 Å². The molecule has 4 nitrogen and oxygen atoms in total. The van der Waals surface area contributed by atoms with Crippen LogP contribution in [0.5, 0.6) is 0 Å². The van der Waals surface area contributed by atoms with Gasteiger partial charge in [-0.1, -0.05) is 30.7 Å². The highest BCUT2D eigenvalue weighted by Crippen LogP contribution is 2.22. The highest BCUT2D eigenvalue weighted by atomic mass is 35.5. The van der Waals surface area contributed by atoms with Crippen LogP contribution < -0.4 is 5.32 Å². The molecule has 0 bridgehead atoms. The van der Waals surface area contributed by atoms with Gasteiger partial charge in [-0.2, -0.15) is 15.4 Å². The quantitative estimate of drug-likeness (QED) is 0.856. The number of aromatic nitrogens is 3. The topological polar surface area (TPSA) is 53.6 Å². The van der Waals surface area contributed by atoms with Crippen molar-refractivity contribution >= 4 is 11.6 Å². The summed E-state index contributed by atoms with van der Waals surface area (Å²) in [6, 6.07) is 4.96. The van der Waals surface area contributed by atoms with Gasteiger partial charge < -0.3 is 5.32 Å². The number of rotatable bonds is 6. The van der Waals surface area contributed by atoms with Crippen molar-refractivity contribution in [1.29, 1.82) is 0 Å². The molecule has 1 aromatic heterocycles. The zero-order chi connectivity index (χ0) is 13.7. The lowest BCUT2D eigenvalue weighted by Crippen LogP contribution is -2.24. The van der Waals surface area contributed by atoms with E-state index >= 15 is 0 Å². The molecule has 0 radical (unpaired) electrons. The molecule has 102 valence electrons. The third-order valence-electron chi connectivity index (χ3n) is 2.89. The van der Waals surface area contributed by atoms with Crippen LogP contribution in [-0.2, 0) is 6.42 Å². The fourth-order valence-corrected chi connectivity index (χ4v) is 2.10. The average Bonchev–Trinajstić information content (AvgIpc) is 2.93. The van der Waals surface area contributed by atoms with Crippen molar-refractivity contribution in [3.05, 3.63) is 46.5 Å². The Kier molecular flexibility index (Phi) is 4.87. The molecule has 2 aromatic rings. The van der Waals surface area contributed by atoms with Crippen LogP contribution in [0.3, 0.4) is 0 Å². The number of H-pyrrole nitrogens is 1. The number of hydrogen-bond donors (Lipinski definition) is 2. The molecule has 2 rings (SSSR count). The first-order valence-electron chi connectivity index (χ1n) is 6.24. The minimum atomic E-state index is -0.365. The molecule has 0 aliphatic carbocycles. The van der Waals surface area contributed by atoms with Crippen molar-refractivity contribution in [2.75, 3.05) is 6.54 Å². The van der Waals surface area contributed by atoms with E-state index in [9.17, 15) is 4.39 Å². The van der Waals surface area contributed by atoms with E-state index in [0.717, 1.165) is 18.7 Å². The van der Waals surface area contributed by atoms with Crippen molar-refractivity contribution in [2.45, 2.75) is 25.8 Å². The summed E-state index contributed by atoms with van der Waals surface area (Å²) in [5.41, 5.74) is 1.34. The van der Waals surface area contributed by atoms with Crippen LogP contribution in [0.25, 0.3) is 0 Å². The van der Waals surface area contributed by atoms with Crippen LogP contribution in [-0.4, -0.2) is 22.0 Å². The van der Waals surface area contributed by atoms with Gasteiger partial charge >= 0.3 is 0 Å². The third-order valence-corrected chi connectivity index (χ3v) is 3.18. The van der Waals surface area contributed by atoms with Gasteiger partial charge in [0, 0.05) is 0 Å². The summed E-state index contributed by atoms with van der Waals surface area (Å²) in [5, 5.41) is 13.9. The number of nitrogens with zero attached hydrogens (tertiary/aromatic N) is 2. The maximum atomic E-state index is 13.9. The van der Waals surface area contributed by atoms with E-state index in [2.05, 4.69) is 27.7 Å². The number of halogens is 2. The van der Waals surface area contributed by atoms with Gasteiger partial charge in [-0.15, -0.1) is 0 Å². The first-order chi connectivity index (χ1) is 9.22. The molecule has 2 N–H and O–H groups in total. The Morgan fingerprint density at radius 1 is 1.47 bits per heavy atom. The predicted molar refractivity (Wildman–Crippen MR) is 72.5 cm³/mol. The zero-order valence-electron chi connectivity index (χ0n) is 10.7. The third kappa shape index (κ3) is 3.52. The summed E-state index contributed by atoms with van der Waals surface area (Å²) in [6.07, 6.45) is 3.13. The van der Waals surface area contributed by atoms with Crippen LogP contribution in [0.2, 0.25) is 5.02 Å². The summed E-state index contributed by atoms with van der Waals surface area (Å²) < 4.78 is 13.9. The van der Waals surface area contributed by atoms with Gasteiger partial charge in [-0.05, 0) is 31.0 Å². The highest BCUT2D eigenvalue weighted by Gasteiger charge is 2.17. The molecule has 0 saturated heterocycles. The largest absolute Gasteiger partial charge is 0.308 e. The molecule has 0 aliphatic rings. The molecule has 19 heavy (non-hydrogen) atoms. The molecule has 0 fully saturated rings. The minimum Gasteiger partial charge on any atom is -0.308 e. The molecule has 1 heterocycles. The first kappa shape index (κ1) is 14.0. The summed E-state index contributed by atoms with van der Waals surface area (Å²) in [6.45, 7) is 2.91. The van der Waals surface area contributed by atoms with E-state index in [1.165, 1.54) is 0 Å². The second kappa shape index (κ2) is 6.63. The number of nitrogens with one attached hydrogen (secondary N) is 2. The lowest BCUT2D eigenvalue weighted by Gasteiger charge is -2.16. The summed E-state index contributed by atoms with van der Waals surface area (Å²) in [4.78, 5) is 0. The molecule has 0 amide bonds. The minimum absolute atomic E-state index is 0.0772. The fourth-order valence-electron chi connectivity index (χ4n) is 1.90. The van der Waals surface area contributed by atoms with Gasteiger partial charge in [0.25, 0.3) is 0 Å². The molecule has 6 heteroatoms. The van der Waals surface area contributed by atoms with Crippen LogP contribution in [0, 0.1) is 5.82 Å². The zero-order valence-corrected chi connectivity index (χ0v) is 11.4. The number of benzene rings is 1. The molecule has 0 saturated carbocycles. The van der Waals surface area contributed by atoms with Gasteiger partial charge in [0.05, 0.1) is 23.0 Å². The lowest BCUT2D eigenvalue weighted by molar-refractivity contribution is 0.502. The normalized spacial score (nSPS) is 12.6. The van der Waals surface area contributed by atoms with Crippen molar-refractivity contribution in [2.24, 2.45) is 0 Å². The second-order valence-corrected chi connectivity index (χ2v) is 4.73. The monoisotopic (exact) mass is 282 g/mol. The Hall–Kier alpha value is -1.46. The summed E-state index contributed by atoms with van der Waals surface area (Å²) in [7, 11) is 0. The Balaban J connectivity index is 2.18. The predicted octanol–water partition coefficient (Wildman–Crippen LogP) is 2.88. The average molecular weight is 283 g/mol. The molecule has 0 spiro atoms. The van der Waals surface area contributed by atoms with Crippen molar-refractivity contribution < 1.29 is 4.39 Å². The van der Waals surface area contributed by atoms with E-state index in [0.29, 0.717) is 12.0 Å². The molecule has 1 atom stereocenters. The van der Waals surface area contributed by atoms with Gasteiger partial charge in [-0.3, -0.25) is 0 Å². The molecular formula is C13H16ClFN4. The van der Waals surface area contributed by atoms with Crippen molar-refractivity contribution in [1.82, 2.24) is 20.7 Å². The number of aromatic amines is 1.